The Kier molecular flexibility index (Phi) is 1.60. The molecular weight excluding hydrogens is 188 g/mol. The molecule has 0 aliphatic rings. The van der Waals surface area contributed by atoms with Gasteiger partial charge in [0.1, 0.15) is 11.3 Å². The maximum absolute atomic E-state index is 11.3. The molecule has 0 unspecified atom stereocenters. The molecule has 72 valence electrons. The molecule has 0 saturated heterocycles. The zero-order valence-corrected chi connectivity index (χ0v) is 7.16. The van der Waals surface area contributed by atoms with Gasteiger partial charge in [-0.15, -0.1) is 0 Å². The number of aromatic nitrogens is 4. The number of carboxylic acids is 1. The molecule has 14 heavy (non-hydrogen) atoms. The number of aromatic carboxylic acids is 1. The molecule has 2 rings (SSSR count). The van der Waals surface area contributed by atoms with Gasteiger partial charge in [0.2, 0.25) is 0 Å². The number of aromatic amines is 2. The fraction of sp³-hybridized carbons (Fsp3) is 0.143. The van der Waals surface area contributed by atoms with Crippen molar-refractivity contribution in [3.8, 4) is 0 Å². The van der Waals surface area contributed by atoms with Crippen LogP contribution in [0.4, 0.5) is 0 Å². The summed E-state index contributed by atoms with van der Waals surface area (Å²) in [4.78, 5) is 28.3. The van der Waals surface area contributed by atoms with Crippen molar-refractivity contribution in [2.45, 2.75) is 6.92 Å². The molecule has 0 bridgehead atoms. The monoisotopic (exact) mass is 194 g/mol. The largest absolute Gasteiger partial charge is 0.476 e. The normalized spacial score (nSPS) is 10.6. The average Bonchev–Trinajstić information content (AvgIpc) is 2.47. The summed E-state index contributed by atoms with van der Waals surface area (Å²) in [5, 5.41) is 14.5. The number of hydrogen-bond donors (Lipinski definition) is 3. The molecule has 2 aromatic heterocycles. The van der Waals surface area contributed by atoms with Crippen LogP contribution < -0.4 is 5.56 Å². The van der Waals surface area contributed by atoms with E-state index >= 15 is 0 Å². The molecule has 0 aliphatic carbocycles. The van der Waals surface area contributed by atoms with E-state index in [1.165, 1.54) is 0 Å². The van der Waals surface area contributed by atoms with Crippen LogP contribution in [-0.4, -0.2) is 31.2 Å². The summed E-state index contributed by atoms with van der Waals surface area (Å²) < 4.78 is 0. The van der Waals surface area contributed by atoms with Crippen LogP contribution in [0, 0.1) is 6.92 Å². The van der Waals surface area contributed by atoms with E-state index in [0.717, 1.165) is 0 Å². The van der Waals surface area contributed by atoms with E-state index < -0.39 is 11.5 Å². The molecule has 0 fully saturated rings. The Labute approximate surface area is 76.8 Å². The molecule has 7 nitrogen and oxygen atoms in total. The van der Waals surface area contributed by atoms with Crippen molar-refractivity contribution in [3.63, 3.8) is 0 Å². The Hall–Kier alpha value is -2.18. The number of nitrogens with zero attached hydrogens (tertiary/aromatic N) is 2. The van der Waals surface area contributed by atoms with Crippen LogP contribution in [-0.2, 0) is 0 Å². The molecule has 0 amide bonds. The molecule has 0 aromatic carbocycles. The number of rotatable bonds is 1. The highest BCUT2D eigenvalue weighted by atomic mass is 16.4. The van der Waals surface area contributed by atoms with Gasteiger partial charge in [-0.2, -0.15) is 5.10 Å². The van der Waals surface area contributed by atoms with E-state index in [1.54, 1.807) is 6.92 Å². The van der Waals surface area contributed by atoms with Crippen LogP contribution in [0.3, 0.4) is 0 Å². The van der Waals surface area contributed by atoms with Crippen LogP contribution >= 0.6 is 0 Å². The van der Waals surface area contributed by atoms with E-state index in [2.05, 4.69) is 20.2 Å². The first-order valence-corrected chi connectivity index (χ1v) is 3.78. The van der Waals surface area contributed by atoms with Crippen molar-refractivity contribution in [2.75, 3.05) is 0 Å². The summed E-state index contributed by atoms with van der Waals surface area (Å²) in [6.45, 7) is 1.57. The number of hydrogen-bond acceptors (Lipinski definition) is 4. The SMILES string of the molecule is Cc1nc2c(C(=O)O)[nH]nc2c(=O)[nH]1. The Morgan fingerprint density at radius 1 is 1.43 bits per heavy atom. The quantitative estimate of drug-likeness (QED) is 0.574. The van der Waals surface area contributed by atoms with Crippen LogP contribution in [0.25, 0.3) is 11.0 Å². The zero-order chi connectivity index (χ0) is 10.3. The molecule has 0 aliphatic heterocycles. The Balaban J connectivity index is 2.92. The van der Waals surface area contributed by atoms with Crippen molar-refractivity contribution in [1.29, 1.82) is 0 Å². The fourth-order valence-corrected chi connectivity index (χ4v) is 1.17. The minimum atomic E-state index is -1.19. The van der Waals surface area contributed by atoms with Gasteiger partial charge in [-0.25, -0.2) is 9.78 Å². The van der Waals surface area contributed by atoms with E-state index in [9.17, 15) is 9.59 Å². The zero-order valence-electron chi connectivity index (χ0n) is 7.16. The Morgan fingerprint density at radius 3 is 2.79 bits per heavy atom. The second kappa shape index (κ2) is 2.66. The maximum Gasteiger partial charge on any atom is 0.356 e. The van der Waals surface area contributed by atoms with Crippen molar-refractivity contribution in [1.82, 2.24) is 20.2 Å². The van der Waals surface area contributed by atoms with Crippen molar-refractivity contribution in [3.05, 3.63) is 21.9 Å². The van der Waals surface area contributed by atoms with Gasteiger partial charge >= 0.3 is 5.97 Å². The molecule has 0 saturated carbocycles. The van der Waals surface area contributed by atoms with Gasteiger partial charge in [0, 0.05) is 0 Å². The lowest BCUT2D eigenvalue weighted by Crippen LogP contribution is -2.10. The molecule has 0 atom stereocenters. The van der Waals surface area contributed by atoms with E-state index in [0.29, 0.717) is 5.82 Å². The van der Waals surface area contributed by atoms with Gasteiger partial charge in [0.15, 0.2) is 11.2 Å². The Bertz CT molecular complexity index is 568. The van der Waals surface area contributed by atoms with Crippen molar-refractivity contribution >= 4 is 17.0 Å². The van der Waals surface area contributed by atoms with Gasteiger partial charge in [0.25, 0.3) is 5.56 Å². The lowest BCUT2D eigenvalue weighted by atomic mass is 10.3. The minimum absolute atomic E-state index is 0.00741. The van der Waals surface area contributed by atoms with Gasteiger partial charge in [0.05, 0.1) is 0 Å². The lowest BCUT2D eigenvalue weighted by molar-refractivity contribution is 0.0692. The van der Waals surface area contributed by atoms with Crippen LogP contribution in [0.1, 0.15) is 16.3 Å². The Morgan fingerprint density at radius 2 is 2.14 bits per heavy atom. The molecule has 7 heteroatoms. The first-order valence-electron chi connectivity index (χ1n) is 3.78. The van der Waals surface area contributed by atoms with E-state index in [-0.39, 0.29) is 16.7 Å². The minimum Gasteiger partial charge on any atom is -0.476 e. The van der Waals surface area contributed by atoms with Gasteiger partial charge in [-0.05, 0) is 6.92 Å². The first kappa shape index (κ1) is 8.42. The fourth-order valence-electron chi connectivity index (χ4n) is 1.17. The summed E-state index contributed by atoms with van der Waals surface area (Å²) in [6, 6.07) is 0. The standard InChI is InChI=1S/C7H6N4O3/c1-2-8-3-4(6(12)9-2)10-11-5(3)7(13)14/h1H3,(H,10,11)(H,13,14)(H,8,9,12). The number of carbonyl (C=O) groups is 1. The number of nitrogens with one attached hydrogen (secondary N) is 2. The third-order valence-corrected chi connectivity index (χ3v) is 1.74. The summed E-state index contributed by atoms with van der Waals surface area (Å²) in [5.41, 5.74) is -0.530. The molecule has 2 aromatic rings. The van der Waals surface area contributed by atoms with Gasteiger partial charge in [-0.1, -0.05) is 0 Å². The highest BCUT2D eigenvalue weighted by Crippen LogP contribution is 2.08. The predicted molar refractivity (Wildman–Crippen MR) is 46.2 cm³/mol. The van der Waals surface area contributed by atoms with Gasteiger partial charge < -0.3 is 10.1 Å². The molecule has 0 radical (unpaired) electrons. The third-order valence-electron chi connectivity index (χ3n) is 1.74. The summed E-state index contributed by atoms with van der Waals surface area (Å²) in [6.07, 6.45) is 0. The summed E-state index contributed by atoms with van der Waals surface area (Å²) >= 11 is 0. The highest BCUT2D eigenvalue weighted by Gasteiger charge is 2.15. The smallest absolute Gasteiger partial charge is 0.356 e. The predicted octanol–water partition coefficient (Wildman–Crippen LogP) is -0.347. The summed E-state index contributed by atoms with van der Waals surface area (Å²) in [7, 11) is 0. The maximum atomic E-state index is 11.3. The second-order valence-electron chi connectivity index (χ2n) is 2.75. The topological polar surface area (TPSA) is 112 Å². The molecule has 2 heterocycles. The molecule has 3 N–H and O–H groups in total. The molecular formula is C7H6N4O3. The van der Waals surface area contributed by atoms with E-state index in [4.69, 9.17) is 5.11 Å². The van der Waals surface area contributed by atoms with Crippen LogP contribution in [0.15, 0.2) is 4.79 Å². The van der Waals surface area contributed by atoms with E-state index in [1.807, 2.05) is 0 Å². The summed E-state index contributed by atoms with van der Waals surface area (Å²) in [5.74, 6) is -0.837. The highest BCUT2D eigenvalue weighted by molar-refractivity contribution is 5.98. The van der Waals surface area contributed by atoms with Crippen LogP contribution in [0.2, 0.25) is 0 Å². The molecule has 0 spiro atoms. The third kappa shape index (κ3) is 1.06. The number of fused-ring (bicyclic) bond motifs is 1. The lowest BCUT2D eigenvalue weighted by Gasteiger charge is -1.92. The van der Waals surface area contributed by atoms with Gasteiger partial charge in [-0.3, -0.25) is 9.89 Å². The van der Waals surface area contributed by atoms with Crippen molar-refractivity contribution in [2.24, 2.45) is 0 Å². The first-order chi connectivity index (χ1) is 6.59. The average molecular weight is 194 g/mol. The number of carboxylic acid groups (broad SMARTS) is 1. The van der Waals surface area contributed by atoms with Crippen LogP contribution in [0.5, 0.6) is 0 Å². The number of H-pyrrole nitrogens is 2. The number of aryl methyl sites for hydroxylation is 1. The van der Waals surface area contributed by atoms with Crippen molar-refractivity contribution < 1.29 is 9.90 Å². The second-order valence-corrected chi connectivity index (χ2v) is 2.75.